The molecule has 7 heteroatoms. The van der Waals surface area contributed by atoms with E-state index in [1.165, 1.54) is 35.5 Å². The normalized spacial score (nSPS) is 15.8. The van der Waals surface area contributed by atoms with Crippen molar-refractivity contribution in [2.24, 2.45) is 10.4 Å². The number of rotatable bonds is 1. The Kier molecular flexibility index (Phi) is 4.77. The minimum absolute atomic E-state index is 0.253. The number of benzene rings is 1. The molecule has 3 rings (SSSR count). The lowest BCUT2D eigenvalue weighted by atomic mass is 9.97. The number of aliphatic imine (C=N–C) groups is 1. The summed E-state index contributed by atoms with van der Waals surface area (Å²) in [5.74, 6) is 2.73. The minimum atomic E-state index is -1.17. The first-order valence-corrected chi connectivity index (χ1v) is 8.39. The number of fused-ring (bicyclic) bond motifs is 1. The maximum Gasteiger partial charge on any atom is 0.316 e. The van der Waals surface area contributed by atoms with E-state index in [4.69, 9.17) is 4.74 Å². The molecular weight excluding hydrogens is 349 g/mol. The number of hydrogen-bond donors (Lipinski definition) is 2. The maximum atomic E-state index is 13.0. The predicted octanol–water partition coefficient (Wildman–Crippen LogP) is 3.39. The minimum Gasteiger partial charge on any atom is -0.424 e. The van der Waals surface area contributed by atoms with Gasteiger partial charge in [0.05, 0.1) is 16.7 Å². The summed E-state index contributed by atoms with van der Waals surface area (Å²) in [6.07, 6.45) is 0.215. The van der Waals surface area contributed by atoms with Crippen LogP contribution in [-0.2, 0) is 4.79 Å². The lowest BCUT2D eigenvalue weighted by Gasteiger charge is -2.24. The van der Waals surface area contributed by atoms with Crippen molar-refractivity contribution in [1.82, 2.24) is 9.88 Å². The number of aromatic amines is 1. The standard InChI is InChI=1S/C20H20FN3O3/c1-12-16(27-19(26)20(2,3)4)15-17(23-12)22-11-24(18(15)25)10-9-13-5-7-14(21)8-6-13/h5-8,11,18,23,25H,1-4H3. The molecule has 0 saturated carbocycles. The number of aliphatic hydroxyl groups excluding tert-OH is 1. The van der Waals surface area contributed by atoms with E-state index >= 15 is 0 Å². The van der Waals surface area contributed by atoms with Crippen LogP contribution in [0.3, 0.4) is 0 Å². The van der Waals surface area contributed by atoms with Gasteiger partial charge in [0.15, 0.2) is 12.0 Å². The summed E-state index contributed by atoms with van der Waals surface area (Å²) in [6, 6.07) is 8.47. The molecule has 0 fully saturated rings. The second-order valence-corrected chi connectivity index (χ2v) is 7.25. The third-order valence-corrected chi connectivity index (χ3v) is 3.96. The Labute approximate surface area is 156 Å². The first kappa shape index (κ1) is 18.7. The number of carbonyl (C=O) groups excluding carboxylic acids is 1. The van der Waals surface area contributed by atoms with Gasteiger partial charge in [-0.3, -0.25) is 9.69 Å². The van der Waals surface area contributed by atoms with E-state index in [9.17, 15) is 14.3 Å². The van der Waals surface area contributed by atoms with Crippen LogP contribution in [0, 0.1) is 30.1 Å². The molecule has 6 nitrogen and oxygen atoms in total. The van der Waals surface area contributed by atoms with E-state index in [0.717, 1.165) is 0 Å². The number of aromatic nitrogens is 1. The van der Waals surface area contributed by atoms with Crippen LogP contribution in [0.15, 0.2) is 29.3 Å². The fourth-order valence-electron chi connectivity index (χ4n) is 2.40. The predicted molar refractivity (Wildman–Crippen MR) is 98.8 cm³/mol. The lowest BCUT2D eigenvalue weighted by Crippen LogP contribution is -2.28. The summed E-state index contributed by atoms with van der Waals surface area (Å²) in [5.41, 5.74) is 0.831. The fourth-order valence-corrected chi connectivity index (χ4v) is 2.40. The van der Waals surface area contributed by atoms with Gasteiger partial charge in [-0.15, -0.1) is 0 Å². The number of H-pyrrole nitrogens is 1. The van der Waals surface area contributed by atoms with Crippen LogP contribution in [0.25, 0.3) is 0 Å². The van der Waals surface area contributed by atoms with Gasteiger partial charge in [0.25, 0.3) is 0 Å². The Morgan fingerprint density at radius 1 is 1.33 bits per heavy atom. The molecule has 0 aliphatic carbocycles. The van der Waals surface area contributed by atoms with Crippen molar-refractivity contribution in [1.29, 1.82) is 0 Å². The number of nitrogens with zero attached hydrogens (tertiary/aromatic N) is 2. The van der Waals surface area contributed by atoms with E-state index in [1.807, 2.05) is 0 Å². The Balaban J connectivity index is 1.89. The van der Waals surface area contributed by atoms with E-state index in [2.05, 4.69) is 21.9 Å². The largest absolute Gasteiger partial charge is 0.424 e. The highest BCUT2D eigenvalue weighted by Gasteiger charge is 2.33. The zero-order valence-corrected chi connectivity index (χ0v) is 15.5. The molecule has 0 saturated heterocycles. The van der Waals surface area contributed by atoms with E-state index in [0.29, 0.717) is 22.6 Å². The second kappa shape index (κ2) is 6.89. The third kappa shape index (κ3) is 3.86. The maximum absolute atomic E-state index is 13.0. The van der Waals surface area contributed by atoms with Crippen molar-refractivity contribution in [3.63, 3.8) is 0 Å². The smallest absolute Gasteiger partial charge is 0.316 e. The monoisotopic (exact) mass is 369 g/mol. The van der Waals surface area contributed by atoms with Gasteiger partial charge in [0, 0.05) is 11.6 Å². The van der Waals surface area contributed by atoms with E-state index in [-0.39, 0.29) is 11.6 Å². The van der Waals surface area contributed by atoms with Gasteiger partial charge in [0.1, 0.15) is 18.0 Å². The summed E-state index contributed by atoms with van der Waals surface area (Å²) < 4.78 is 18.5. The molecule has 1 aromatic carbocycles. The molecule has 1 aliphatic heterocycles. The van der Waals surface area contributed by atoms with E-state index in [1.54, 1.807) is 27.7 Å². The molecule has 27 heavy (non-hydrogen) atoms. The van der Waals surface area contributed by atoms with Crippen LogP contribution < -0.4 is 4.74 Å². The van der Waals surface area contributed by atoms with Crippen LogP contribution in [0.1, 0.15) is 43.8 Å². The summed E-state index contributed by atoms with van der Waals surface area (Å²) in [4.78, 5) is 20.8. The zero-order valence-electron chi connectivity index (χ0n) is 15.5. The number of nitrogens with one attached hydrogen (secondary N) is 1. The number of carbonyl (C=O) groups is 1. The molecule has 0 bridgehead atoms. The average Bonchev–Trinajstić information content (AvgIpc) is 2.91. The number of esters is 1. The average molecular weight is 369 g/mol. The highest BCUT2D eigenvalue weighted by molar-refractivity contribution is 5.80. The Bertz CT molecular complexity index is 959. The molecule has 2 N–H and O–H groups in total. The number of ether oxygens (including phenoxy) is 1. The highest BCUT2D eigenvalue weighted by Crippen LogP contribution is 2.41. The van der Waals surface area contributed by atoms with Crippen LogP contribution in [0.4, 0.5) is 10.2 Å². The Morgan fingerprint density at radius 3 is 2.63 bits per heavy atom. The fraction of sp³-hybridized carbons (Fsp3) is 0.300. The molecule has 0 spiro atoms. The van der Waals surface area contributed by atoms with Gasteiger partial charge in [-0.1, -0.05) is 0 Å². The molecule has 0 radical (unpaired) electrons. The Hall–Kier alpha value is -3.11. The third-order valence-electron chi connectivity index (χ3n) is 3.96. The molecule has 1 aliphatic rings. The van der Waals surface area contributed by atoms with Crippen molar-refractivity contribution < 1.29 is 19.0 Å². The van der Waals surface area contributed by atoms with E-state index < -0.39 is 17.6 Å². The molecule has 0 amide bonds. The van der Waals surface area contributed by atoms with Gasteiger partial charge in [-0.2, -0.15) is 0 Å². The summed E-state index contributed by atoms with van der Waals surface area (Å²) in [7, 11) is 0. The van der Waals surface area contributed by atoms with Crippen molar-refractivity contribution in [3.05, 3.63) is 46.9 Å². The van der Waals surface area contributed by atoms with Gasteiger partial charge >= 0.3 is 5.97 Å². The topological polar surface area (TPSA) is 77.9 Å². The number of halogens is 1. The molecule has 140 valence electrons. The van der Waals surface area contributed by atoms with Gasteiger partial charge in [0.2, 0.25) is 0 Å². The first-order chi connectivity index (χ1) is 12.7. The lowest BCUT2D eigenvalue weighted by molar-refractivity contribution is -0.143. The molecule has 1 atom stereocenters. The summed E-state index contributed by atoms with van der Waals surface area (Å²) in [5, 5.41) is 10.7. The number of hydrogen-bond acceptors (Lipinski definition) is 5. The van der Waals surface area contributed by atoms with Crippen LogP contribution >= 0.6 is 0 Å². The first-order valence-electron chi connectivity index (χ1n) is 8.39. The summed E-state index contributed by atoms with van der Waals surface area (Å²) >= 11 is 0. The van der Waals surface area contributed by atoms with Gasteiger partial charge < -0.3 is 14.8 Å². The SMILES string of the molecule is Cc1[nH]c2c(c1OC(=O)C(C)(C)C)C(O)N(C#Cc1ccc(F)cc1)C=N2. The molecule has 2 aromatic rings. The number of aliphatic hydroxyl groups is 1. The van der Waals surface area contributed by atoms with Crippen LogP contribution in [0.5, 0.6) is 5.75 Å². The van der Waals surface area contributed by atoms with Crippen molar-refractivity contribution >= 4 is 18.1 Å². The van der Waals surface area contributed by atoms with Crippen LogP contribution in [0.2, 0.25) is 0 Å². The van der Waals surface area contributed by atoms with Crippen molar-refractivity contribution in [2.75, 3.05) is 0 Å². The highest BCUT2D eigenvalue weighted by atomic mass is 19.1. The zero-order chi connectivity index (χ0) is 19.8. The second-order valence-electron chi connectivity index (χ2n) is 7.25. The van der Waals surface area contributed by atoms with Crippen LogP contribution in [-0.4, -0.2) is 27.3 Å². The molecular formula is C20H20FN3O3. The molecule has 1 aromatic heterocycles. The quantitative estimate of drug-likeness (QED) is 0.597. The van der Waals surface area contributed by atoms with Gasteiger partial charge in [-0.05, 0) is 57.9 Å². The van der Waals surface area contributed by atoms with Crippen molar-refractivity contribution in [3.8, 4) is 17.7 Å². The van der Waals surface area contributed by atoms with Gasteiger partial charge in [-0.25, -0.2) is 9.38 Å². The molecule has 2 heterocycles. The Morgan fingerprint density at radius 2 is 2.00 bits per heavy atom. The molecule has 1 unspecified atom stereocenters. The summed E-state index contributed by atoms with van der Waals surface area (Å²) in [6.45, 7) is 6.98. The number of aryl methyl sites for hydroxylation is 1. The van der Waals surface area contributed by atoms with Crippen molar-refractivity contribution in [2.45, 2.75) is 33.9 Å².